The standard InChI is InChI=1S/C21H24ClN3O3/c1-2-28-17-8-6-16(7-9-17)18(26)10-11-21(27)25-14-12-24(13-15-25)20-5-3-4-19(22)23-20/h3-9H,2,10-15H2,1H3. The van der Waals surface area contributed by atoms with E-state index in [0.29, 0.717) is 43.5 Å². The van der Waals surface area contributed by atoms with Crippen molar-refractivity contribution in [2.24, 2.45) is 0 Å². The van der Waals surface area contributed by atoms with Crippen molar-refractivity contribution in [3.63, 3.8) is 0 Å². The number of ether oxygens (including phenoxy) is 1. The summed E-state index contributed by atoms with van der Waals surface area (Å²) in [6, 6.07) is 12.6. The van der Waals surface area contributed by atoms with Crippen molar-refractivity contribution in [2.75, 3.05) is 37.7 Å². The molecular formula is C21H24ClN3O3. The fraction of sp³-hybridized carbons (Fsp3) is 0.381. The molecule has 0 radical (unpaired) electrons. The Morgan fingerprint density at radius 3 is 2.39 bits per heavy atom. The maximum absolute atomic E-state index is 12.5. The SMILES string of the molecule is CCOc1ccc(C(=O)CCC(=O)N2CCN(c3cccc(Cl)n3)CC2)cc1. The number of pyridine rings is 1. The number of benzene rings is 1. The zero-order chi connectivity index (χ0) is 19.9. The number of nitrogens with zero attached hydrogens (tertiary/aromatic N) is 3. The molecule has 1 fully saturated rings. The summed E-state index contributed by atoms with van der Waals surface area (Å²) in [6.07, 6.45) is 0.435. The van der Waals surface area contributed by atoms with E-state index in [4.69, 9.17) is 16.3 Å². The molecule has 1 aromatic heterocycles. The lowest BCUT2D eigenvalue weighted by atomic mass is 10.1. The van der Waals surface area contributed by atoms with Crippen LogP contribution in [0.2, 0.25) is 5.15 Å². The number of rotatable bonds is 7. The first kappa shape index (κ1) is 20.1. The highest BCUT2D eigenvalue weighted by atomic mass is 35.5. The number of aromatic nitrogens is 1. The average molecular weight is 402 g/mol. The van der Waals surface area contributed by atoms with Gasteiger partial charge in [-0.25, -0.2) is 4.98 Å². The summed E-state index contributed by atoms with van der Waals surface area (Å²) in [6.45, 7) is 5.13. The number of hydrogen-bond donors (Lipinski definition) is 0. The lowest BCUT2D eigenvalue weighted by molar-refractivity contribution is -0.131. The van der Waals surface area contributed by atoms with E-state index in [0.717, 1.165) is 11.6 Å². The van der Waals surface area contributed by atoms with E-state index in [-0.39, 0.29) is 24.5 Å². The monoisotopic (exact) mass is 401 g/mol. The molecule has 2 heterocycles. The topological polar surface area (TPSA) is 62.7 Å². The Morgan fingerprint density at radius 2 is 1.75 bits per heavy atom. The first-order chi connectivity index (χ1) is 13.6. The molecule has 0 spiro atoms. The lowest BCUT2D eigenvalue weighted by Crippen LogP contribution is -2.49. The summed E-state index contributed by atoms with van der Waals surface area (Å²) in [4.78, 5) is 33.0. The highest BCUT2D eigenvalue weighted by Crippen LogP contribution is 2.18. The number of halogens is 1. The number of carbonyl (C=O) groups is 2. The molecule has 1 aliphatic heterocycles. The number of anilines is 1. The molecule has 2 aromatic rings. The Balaban J connectivity index is 1.46. The van der Waals surface area contributed by atoms with Crippen LogP contribution in [0.4, 0.5) is 5.82 Å². The second-order valence-electron chi connectivity index (χ2n) is 6.57. The summed E-state index contributed by atoms with van der Waals surface area (Å²) in [5, 5.41) is 0.462. The molecule has 0 atom stereocenters. The molecule has 0 saturated carbocycles. The normalized spacial score (nSPS) is 14.1. The lowest BCUT2D eigenvalue weighted by Gasteiger charge is -2.35. The minimum absolute atomic E-state index is 0.0120. The van der Waals surface area contributed by atoms with Gasteiger partial charge in [-0.1, -0.05) is 17.7 Å². The molecule has 1 aromatic carbocycles. The van der Waals surface area contributed by atoms with Crippen LogP contribution in [0.3, 0.4) is 0 Å². The third kappa shape index (κ3) is 5.23. The van der Waals surface area contributed by atoms with E-state index in [1.165, 1.54) is 0 Å². The van der Waals surface area contributed by atoms with Crippen molar-refractivity contribution >= 4 is 29.1 Å². The molecule has 1 aliphatic rings. The van der Waals surface area contributed by atoms with Gasteiger partial charge in [0.1, 0.15) is 16.7 Å². The van der Waals surface area contributed by atoms with Crippen molar-refractivity contribution < 1.29 is 14.3 Å². The van der Waals surface area contributed by atoms with Crippen LogP contribution in [-0.4, -0.2) is 54.4 Å². The maximum Gasteiger partial charge on any atom is 0.223 e. The molecule has 3 rings (SSSR count). The molecule has 0 unspecified atom stereocenters. The fourth-order valence-electron chi connectivity index (χ4n) is 3.19. The summed E-state index contributed by atoms with van der Waals surface area (Å²) >= 11 is 5.95. The Labute approximate surface area is 170 Å². The minimum atomic E-state index is -0.0295. The molecule has 0 bridgehead atoms. The maximum atomic E-state index is 12.5. The van der Waals surface area contributed by atoms with E-state index >= 15 is 0 Å². The van der Waals surface area contributed by atoms with Crippen LogP contribution >= 0.6 is 11.6 Å². The van der Waals surface area contributed by atoms with Gasteiger partial charge >= 0.3 is 0 Å². The molecule has 28 heavy (non-hydrogen) atoms. The van der Waals surface area contributed by atoms with Crippen LogP contribution in [0.15, 0.2) is 42.5 Å². The predicted octanol–water partition coefficient (Wildman–Crippen LogP) is 3.45. The number of ketones is 1. The van der Waals surface area contributed by atoms with Crippen LogP contribution in [0, 0.1) is 0 Å². The quantitative estimate of drug-likeness (QED) is 0.525. The second-order valence-corrected chi connectivity index (χ2v) is 6.95. The zero-order valence-corrected chi connectivity index (χ0v) is 16.7. The molecule has 7 heteroatoms. The van der Waals surface area contributed by atoms with Crippen molar-refractivity contribution in [3.05, 3.63) is 53.2 Å². The predicted molar refractivity (Wildman–Crippen MR) is 109 cm³/mol. The Morgan fingerprint density at radius 1 is 1.04 bits per heavy atom. The third-order valence-corrected chi connectivity index (χ3v) is 4.92. The molecule has 0 aliphatic carbocycles. The van der Waals surface area contributed by atoms with Crippen LogP contribution in [-0.2, 0) is 4.79 Å². The summed E-state index contributed by atoms with van der Waals surface area (Å²) < 4.78 is 5.38. The Hall–Kier alpha value is -2.60. The third-order valence-electron chi connectivity index (χ3n) is 4.71. The molecule has 1 amide bonds. The molecule has 6 nitrogen and oxygen atoms in total. The fourth-order valence-corrected chi connectivity index (χ4v) is 3.34. The van der Waals surface area contributed by atoms with E-state index in [9.17, 15) is 9.59 Å². The van der Waals surface area contributed by atoms with Crippen molar-refractivity contribution in [1.29, 1.82) is 0 Å². The number of Topliss-reactive ketones (excluding diaryl/α,β-unsaturated/α-hetero) is 1. The highest BCUT2D eigenvalue weighted by Gasteiger charge is 2.22. The van der Waals surface area contributed by atoms with E-state index in [1.807, 2.05) is 24.0 Å². The summed E-state index contributed by atoms with van der Waals surface area (Å²) in [5.74, 6) is 1.55. The molecular weight excluding hydrogens is 378 g/mol. The van der Waals surface area contributed by atoms with Crippen molar-refractivity contribution in [1.82, 2.24) is 9.88 Å². The van der Waals surface area contributed by atoms with Crippen molar-refractivity contribution in [3.8, 4) is 5.75 Å². The van der Waals surface area contributed by atoms with Gasteiger partial charge in [0, 0.05) is 44.6 Å². The van der Waals surface area contributed by atoms with Gasteiger partial charge < -0.3 is 14.5 Å². The number of amides is 1. The van der Waals surface area contributed by atoms with Gasteiger partial charge in [-0.2, -0.15) is 0 Å². The van der Waals surface area contributed by atoms with Gasteiger partial charge in [-0.05, 0) is 43.3 Å². The number of hydrogen-bond acceptors (Lipinski definition) is 5. The number of piperazine rings is 1. The molecule has 1 saturated heterocycles. The van der Waals surface area contributed by atoms with E-state index < -0.39 is 0 Å². The number of carbonyl (C=O) groups excluding carboxylic acids is 2. The Kier molecular flexibility index (Phi) is 6.87. The summed E-state index contributed by atoms with van der Waals surface area (Å²) in [7, 11) is 0. The van der Waals surface area contributed by atoms with Gasteiger partial charge in [0.25, 0.3) is 0 Å². The second kappa shape index (κ2) is 9.55. The smallest absolute Gasteiger partial charge is 0.223 e. The van der Waals surface area contributed by atoms with Crippen LogP contribution in [0.1, 0.15) is 30.1 Å². The highest BCUT2D eigenvalue weighted by molar-refractivity contribution is 6.29. The van der Waals surface area contributed by atoms with Gasteiger partial charge in [0.05, 0.1) is 6.61 Å². The Bertz CT molecular complexity index is 818. The van der Waals surface area contributed by atoms with E-state index in [2.05, 4.69) is 9.88 Å². The van der Waals surface area contributed by atoms with Crippen LogP contribution in [0.5, 0.6) is 5.75 Å². The van der Waals surface area contributed by atoms with Gasteiger partial charge in [0.2, 0.25) is 5.91 Å². The zero-order valence-electron chi connectivity index (χ0n) is 15.9. The van der Waals surface area contributed by atoms with Gasteiger partial charge in [0.15, 0.2) is 5.78 Å². The van der Waals surface area contributed by atoms with Crippen molar-refractivity contribution in [2.45, 2.75) is 19.8 Å². The first-order valence-corrected chi connectivity index (χ1v) is 9.86. The largest absolute Gasteiger partial charge is 0.494 e. The minimum Gasteiger partial charge on any atom is -0.494 e. The first-order valence-electron chi connectivity index (χ1n) is 9.48. The molecule has 0 N–H and O–H groups in total. The van der Waals surface area contributed by atoms with Gasteiger partial charge in [-0.3, -0.25) is 9.59 Å². The van der Waals surface area contributed by atoms with Crippen LogP contribution in [0.25, 0.3) is 0 Å². The van der Waals surface area contributed by atoms with Gasteiger partial charge in [-0.15, -0.1) is 0 Å². The molecule has 148 valence electrons. The van der Waals surface area contributed by atoms with E-state index in [1.54, 1.807) is 30.3 Å². The summed E-state index contributed by atoms with van der Waals surface area (Å²) in [5.41, 5.74) is 0.605. The van der Waals surface area contributed by atoms with Crippen LogP contribution < -0.4 is 9.64 Å². The average Bonchev–Trinajstić information content (AvgIpc) is 2.72.